The molecule has 1 aromatic rings. The van der Waals surface area contributed by atoms with Crippen LogP contribution in [0.2, 0.25) is 0 Å². The second kappa shape index (κ2) is 3.98. The Labute approximate surface area is 87.2 Å². The van der Waals surface area contributed by atoms with Gasteiger partial charge in [0.2, 0.25) is 0 Å². The van der Waals surface area contributed by atoms with Crippen molar-refractivity contribution in [3.05, 3.63) is 35.1 Å². The molecule has 1 fully saturated rings. The average molecular weight is 209 g/mol. The molecule has 0 aromatic heterocycles. The summed E-state index contributed by atoms with van der Waals surface area (Å²) in [4.78, 5) is 11.7. The molecule has 0 bridgehead atoms. The predicted molar refractivity (Wildman–Crippen MR) is 53.2 cm³/mol. The minimum atomic E-state index is -0.393. The number of rotatable bonds is 2. The Morgan fingerprint density at radius 3 is 2.87 bits per heavy atom. The molecule has 3 nitrogen and oxygen atoms in total. The van der Waals surface area contributed by atoms with Crippen LogP contribution in [0.15, 0.2) is 18.2 Å². The van der Waals surface area contributed by atoms with Crippen LogP contribution >= 0.6 is 0 Å². The van der Waals surface area contributed by atoms with Gasteiger partial charge in [0.15, 0.2) is 0 Å². The molecular weight excluding hydrogens is 197 g/mol. The number of ether oxygens (including phenoxy) is 1. The van der Waals surface area contributed by atoms with E-state index < -0.39 is 5.82 Å². The molecule has 1 aliphatic heterocycles. The highest BCUT2D eigenvalue weighted by molar-refractivity contribution is 5.95. The molecule has 1 N–H and O–H groups in total. The summed E-state index contributed by atoms with van der Waals surface area (Å²) in [5.74, 6) is -0.629. The number of hydrogen-bond donors (Lipinski definition) is 1. The van der Waals surface area contributed by atoms with E-state index in [-0.39, 0.29) is 11.9 Å². The summed E-state index contributed by atoms with van der Waals surface area (Å²) in [6.07, 6.45) is 0. The Kier molecular flexibility index (Phi) is 2.68. The van der Waals surface area contributed by atoms with Crippen molar-refractivity contribution in [2.75, 3.05) is 13.2 Å². The van der Waals surface area contributed by atoms with E-state index >= 15 is 0 Å². The number of carbonyl (C=O) groups excluding carboxylic acids is 1. The van der Waals surface area contributed by atoms with Crippen LogP contribution in [0.4, 0.5) is 4.39 Å². The molecule has 1 aliphatic rings. The zero-order chi connectivity index (χ0) is 10.8. The van der Waals surface area contributed by atoms with Gasteiger partial charge in [-0.05, 0) is 24.6 Å². The van der Waals surface area contributed by atoms with Crippen molar-refractivity contribution in [1.82, 2.24) is 5.32 Å². The van der Waals surface area contributed by atoms with Crippen LogP contribution < -0.4 is 5.32 Å². The second-order valence-electron chi connectivity index (χ2n) is 3.67. The Morgan fingerprint density at radius 1 is 1.53 bits per heavy atom. The van der Waals surface area contributed by atoms with Gasteiger partial charge in [0, 0.05) is 5.56 Å². The molecule has 0 radical (unpaired) electrons. The van der Waals surface area contributed by atoms with Crippen LogP contribution in [0.5, 0.6) is 0 Å². The highest BCUT2D eigenvalue weighted by Gasteiger charge is 2.21. The van der Waals surface area contributed by atoms with Gasteiger partial charge >= 0.3 is 0 Å². The Bertz CT molecular complexity index is 388. The molecule has 15 heavy (non-hydrogen) atoms. The van der Waals surface area contributed by atoms with Crippen LogP contribution in [0.25, 0.3) is 0 Å². The first-order valence-electron chi connectivity index (χ1n) is 4.81. The smallest absolute Gasteiger partial charge is 0.252 e. The maximum atomic E-state index is 12.9. The van der Waals surface area contributed by atoms with Gasteiger partial charge in [-0.1, -0.05) is 6.07 Å². The summed E-state index contributed by atoms with van der Waals surface area (Å²) in [7, 11) is 0. The summed E-state index contributed by atoms with van der Waals surface area (Å²) >= 11 is 0. The molecule has 4 heteroatoms. The van der Waals surface area contributed by atoms with E-state index in [0.717, 1.165) is 5.56 Å². The lowest BCUT2D eigenvalue weighted by Crippen LogP contribution is -2.48. The van der Waals surface area contributed by atoms with Crippen molar-refractivity contribution in [3.63, 3.8) is 0 Å². The number of aryl methyl sites for hydroxylation is 1. The van der Waals surface area contributed by atoms with Crippen molar-refractivity contribution in [2.45, 2.75) is 13.0 Å². The fraction of sp³-hybridized carbons (Fsp3) is 0.364. The maximum absolute atomic E-state index is 12.9. The second-order valence-corrected chi connectivity index (χ2v) is 3.67. The Hall–Kier alpha value is -1.42. The molecule has 80 valence electrons. The van der Waals surface area contributed by atoms with E-state index in [9.17, 15) is 9.18 Å². The van der Waals surface area contributed by atoms with E-state index in [2.05, 4.69) is 5.32 Å². The van der Waals surface area contributed by atoms with Crippen LogP contribution in [-0.2, 0) is 4.74 Å². The number of benzene rings is 1. The molecule has 0 spiro atoms. The minimum Gasteiger partial charge on any atom is -0.377 e. The van der Waals surface area contributed by atoms with E-state index in [0.29, 0.717) is 18.8 Å². The van der Waals surface area contributed by atoms with Gasteiger partial charge < -0.3 is 10.1 Å². The predicted octanol–water partition coefficient (Wildman–Crippen LogP) is 1.26. The third-order valence-electron chi connectivity index (χ3n) is 2.42. The topological polar surface area (TPSA) is 38.3 Å². The first kappa shape index (κ1) is 10.1. The van der Waals surface area contributed by atoms with Gasteiger partial charge in [-0.3, -0.25) is 4.79 Å². The molecule has 1 saturated heterocycles. The van der Waals surface area contributed by atoms with E-state index in [1.165, 1.54) is 12.1 Å². The van der Waals surface area contributed by atoms with Crippen LogP contribution in [-0.4, -0.2) is 25.2 Å². The van der Waals surface area contributed by atoms with Crippen LogP contribution in [0, 0.1) is 12.7 Å². The van der Waals surface area contributed by atoms with Gasteiger partial charge in [-0.25, -0.2) is 4.39 Å². The molecule has 1 amide bonds. The molecular formula is C11H12FNO2. The van der Waals surface area contributed by atoms with Gasteiger partial charge in [0.25, 0.3) is 5.91 Å². The first-order chi connectivity index (χ1) is 7.16. The molecule has 1 heterocycles. The maximum Gasteiger partial charge on any atom is 0.252 e. The number of hydrogen-bond acceptors (Lipinski definition) is 2. The zero-order valence-electron chi connectivity index (χ0n) is 8.42. The number of nitrogens with one attached hydrogen (secondary N) is 1. The largest absolute Gasteiger partial charge is 0.377 e. The normalized spacial score (nSPS) is 15.9. The summed E-state index contributed by atoms with van der Waals surface area (Å²) in [5.41, 5.74) is 1.16. The lowest BCUT2D eigenvalue weighted by atomic mass is 10.1. The fourth-order valence-electron chi connectivity index (χ4n) is 1.42. The highest BCUT2D eigenvalue weighted by atomic mass is 19.1. The van der Waals surface area contributed by atoms with Crippen molar-refractivity contribution < 1.29 is 13.9 Å². The van der Waals surface area contributed by atoms with Crippen molar-refractivity contribution in [2.24, 2.45) is 0 Å². The third-order valence-corrected chi connectivity index (χ3v) is 2.42. The summed E-state index contributed by atoms with van der Waals surface area (Å²) in [5, 5.41) is 2.77. The van der Waals surface area contributed by atoms with Crippen LogP contribution in [0.3, 0.4) is 0 Å². The van der Waals surface area contributed by atoms with Gasteiger partial charge in [-0.2, -0.15) is 0 Å². The Morgan fingerprint density at radius 2 is 2.27 bits per heavy atom. The van der Waals surface area contributed by atoms with E-state index in [1.54, 1.807) is 13.0 Å². The van der Waals surface area contributed by atoms with Crippen molar-refractivity contribution in [1.29, 1.82) is 0 Å². The molecule has 0 unspecified atom stereocenters. The van der Waals surface area contributed by atoms with Crippen molar-refractivity contribution in [3.8, 4) is 0 Å². The molecule has 1 aromatic carbocycles. The summed E-state index contributed by atoms with van der Waals surface area (Å²) in [6.45, 7) is 2.87. The first-order valence-corrected chi connectivity index (χ1v) is 4.81. The molecule has 2 rings (SSSR count). The standard InChI is InChI=1S/C11H12FNO2/c1-7-2-3-8(12)4-10(7)11(14)13-9-5-15-6-9/h2-4,9H,5-6H2,1H3,(H,13,14). The third kappa shape index (κ3) is 2.15. The summed E-state index contributed by atoms with van der Waals surface area (Å²) < 4.78 is 17.9. The van der Waals surface area contributed by atoms with Crippen molar-refractivity contribution >= 4 is 5.91 Å². The lowest BCUT2D eigenvalue weighted by Gasteiger charge is -2.27. The lowest BCUT2D eigenvalue weighted by molar-refractivity contribution is -0.00348. The quantitative estimate of drug-likeness (QED) is 0.796. The Balaban J connectivity index is 2.12. The zero-order valence-corrected chi connectivity index (χ0v) is 8.42. The highest BCUT2D eigenvalue weighted by Crippen LogP contribution is 2.11. The molecule has 0 atom stereocenters. The average Bonchev–Trinajstić information content (AvgIpc) is 2.15. The molecule has 0 saturated carbocycles. The summed E-state index contributed by atoms with van der Waals surface area (Å²) in [6, 6.07) is 4.27. The van der Waals surface area contributed by atoms with E-state index in [1.807, 2.05) is 0 Å². The van der Waals surface area contributed by atoms with Gasteiger partial charge in [0.05, 0.1) is 19.3 Å². The number of carbonyl (C=O) groups is 1. The SMILES string of the molecule is Cc1ccc(F)cc1C(=O)NC1COC1. The van der Waals surface area contributed by atoms with Crippen LogP contribution in [0.1, 0.15) is 15.9 Å². The molecule has 0 aliphatic carbocycles. The minimum absolute atomic E-state index is 0.0696. The number of halogens is 1. The number of amides is 1. The fourth-order valence-corrected chi connectivity index (χ4v) is 1.42. The van der Waals surface area contributed by atoms with Gasteiger partial charge in [0.1, 0.15) is 5.82 Å². The van der Waals surface area contributed by atoms with E-state index in [4.69, 9.17) is 4.74 Å². The van der Waals surface area contributed by atoms with Gasteiger partial charge in [-0.15, -0.1) is 0 Å². The monoisotopic (exact) mass is 209 g/mol.